The number of piperidine rings is 1. The molecule has 156 valence electrons. The first kappa shape index (κ1) is 21.6. The minimum Gasteiger partial charge on any atom is -0.356 e. The maximum absolute atomic E-state index is 5.83. The van der Waals surface area contributed by atoms with Crippen molar-refractivity contribution in [1.29, 1.82) is 0 Å². The van der Waals surface area contributed by atoms with Crippen molar-refractivity contribution >= 4 is 17.6 Å². The molecule has 0 radical (unpaired) electrons. The van der Waals surface area contributed by atoms with Gasteiger partial charge in [0.1, 0.15) is 5.15 Å². The summed E-state index contributed by atoms with van der Waals surface area (Å²) in [5.41, 5.74) is 3.81. The van der Waals surface area contributed by atoms with Crippen molar-refractivity contribution in [2.24, 2.45) is 10.9 Å². The molecule has 0 unspecified atom stereocenters. The first-order valence-corrected chi connectivity index (χ1v) is 10.9. The molecule has 1 saturated heterocycles. The number of halogens is 1. The highest BCUT2D eigenvalue weighted by Gasteiger charge is 2.15. The van der Waals surface area contributed by atoms with E-state index in [4.69, 9.17) is 11.6 Å². The van der Waals surface area contributed by atoms with Gasteiger partial charge in [-0.05, 0) is 61.0 Å². The molecular weight excluding hydrogens is 382 g/mol. The van der Waals surface area contributed by atoms with Crippen LogP contribution in [0.2, 0.25) is 5.15 Å². The lowest BCUT2D eigenvalue weighted by atomic mass is 9.98. The zero-order valence-electron chi connectivity index (χ0n) is 17.5. The second-order valence-corrected chi connectivity index (χ2v) is 8.26. The van der Waals surface area contributed by atoms with Gasteiger partial charge in [-0.1, -0.05) is 48.9 Å². The van der Waals surface area contributed by atoms with Gasteiger partial charge in [-0.15, -0.1) is 0 Å². The number of aromatic nitrogens is 1. The third-order valence-electron chi connectivity index (χ3n) is 5.45. The third-order valence-corrected chi connectivity index (χ3v) is 5.68. The van der Waals surface area contributed by atoms with E-state index in [1.165, 1.54) is 37.1 Å². The predicted octanol–water partition coefficient (Wildman–Crippen LogP) is 3.87. The van der Waals surface area contributed by atoms with E-state index in [9.17, 15) is 0 Å². The van der Waals surface area contributed by atoms with Crippen molar-refractivity contribution in [2.75, 3.05) is 26.7 Å². The van der Waals surface area contributed by atoms with E-state index in [-0.39, 0.29) is 0 Å². The molecule has 0 amide bonds. The normalized spacial score (nSPS) is 16.0. The first-order chi connectivity index (χ1) is 14.1. The maximum atomic E-state index is 5.83. The van der Waals surface area contributed by atoms with Crippen LogP contribution in [0.25, 0.3) is 0 Å². The van der Waals surface area contributed by atoms with Gasteiger partial charge >= 0.3 is 0 Å². The lowest BCUT2D eigenvalue weighted by Crippen LogP contribution is -2.37. The molecule has 2 heterocycles. The number of rotatable bonds is 7. The van der Waals surface area contributed by atoms with Crippen LogP contribution in [0.5, 0.6) is 0 Å². The molecule has 6 heteroatoms. The summed E-state index contributed by atoms with van der Waals surface area (Å²) in [6.07, 6.45) is 5.31. The van der Waals surface area contributed by atoms with Crippen molar-refractivity contribution in [3.05, 3.63) is 64.4 Å². The Kier molecular flexibility index (Phi) is 8.32. The zero-order chi connectivity index (χ0) is 20.5. The topological polar surface area (TPSA) is 52.6 Å². The number of hydrogen-bond acceptors (Lipinski definition) is 3. The quantitative estimate of drug-likeness (QED) is 0.411. The van der Waals surface area contributed by atoms with Crippen molar-refractivity contribution < 1.29 is 0 Å². The van der Waals surface area contributed by atoms with Gasteiger partial charge in [0.2, 0.25) is 0 Å². The average molecular weight is 414 g/mol. The van der Waals surface area contributed by atoms with E-state index in [2.05, 4.69) is 56.7 Å². The molecule has 5 nitrogen and oxygen atoms in total. The monoisotopic (exact) mass is 413 g/mol. The molecule has 1 aromatic heterocycles. The zero-order valence-corrected chi connectivity index (χ0v) is 18.3. The van der Waals surface area contributed by atoms with Crippen LogP contribution in [0.4, 0.5) is 0 Å². The molecule has 3 rings (SSSR count). The number of guanidine groups is 1. The summed E-state index contributed by atoms with van der Waals surface area (Å²) >= 11 is 5.83. The lowest BCUT2D eigenvalue weighted by Gasteiger charge is -2.30. The van der Waals surface area contributed by atoms with Crippen LogP contribution in [0.1, 0.15) is 36.5 Å². The number of hydrogen-bond donors (Lipinski definition) is 2. The fourth-order valence-corrected chi connectivity index (χ4v) is 3.71. The molecule has 2 N–H and O–H groups in total. The van der Waals surface area contributed by atoms with Gasteiger partial charge in [-0.2, -0.15) is 0 Å². The van der Waals surface area contributed by atoms with Crippen LogP contribution >= 0.6 is 11.6 Å². The SMILES string of the molecule is CN=C(NCCc1ccc(Cl)nc1)NCc1cccc(CN2CCC(C)CC2)c1. The summed E-state index contributed by atoms with van der Waals surface area (Å²) in [7, 11) is 1.80. The van der Waals surface area contributed by atoms with E-state index < -0.39 is 0 Å². The minimum atomic E-state index is 0.524. The smallest absolute Gasteiger partial charge is 0.191 e. The number of aliphatic imine (C=N–C) groups is 1. The van der Waals surface area contributed by atoms with E-state index in [0.717, 1.165) is 43.5 Å². The maximum Gasteiger partial charge on any atom is 0.191 e. The third kappa shape index (κ3) is 7.33. The van der Waals surface area contributed by atoms with Crippen LogP contribution in [0.3, 0.4) is 0 Å². The largest absolute Gasteiger partial charge is 0.356 e. The van der Waals surface area contributed by atoms with Crippen LogP contribution in [0, 0.1) is 5.92 Å². The summed E-state index contributed by atoms with van der Waals surface area (Å²) in [6.45, 7) is 7.37. The Morgan fingerprint density at radius 2 is 1.93 bits per heavy atom. The van der Waals surface area contributed by atoms with Gasteiger partial charge in [0.25, 0.3) is 0 Å². The molecule has 0 bridgehead atoms. The number of pyridine rings is 1. The van der Waals surface area contributed by atoms with Gasteiger partial charge in [0, 0.05) is 32.9 Å². The van der Waals surface area contributed by atoms with E-state index in [0.29, 0.717) is 5.15 Å². The Morgan fingerprint density at radius 1 is 1.14 bits per heavy atom. The fraction of sp³-hybridized carbons (Fsp3) is 0.478. The second kappa shape index (κ2) is 11.2. The molecule has 1 aromatic carbocycles. The fourth-order valence-electron chi connectivity index (χ4n) is 3.60. The Labute approximate surface area is 179 Å². The van der Waals surface area contributed by atoms with Gasteiger partial charge in [0.05, 0.1) is 0 Å². The van der Waals surface area contributed by atoms with Crippen LogP contribution in [-0.2, 0) is 19.5 Å². The van der Waals surface area contributed by atoms with Crippen LogP contribution in [-0.4, -0.2) is 42.5 Å². The van der Waals surface area contributed by atoms with Gasteiger partial charge in [0.15, 0.2) is 5.96 Å². The molecule has 0 aliphatic carbocycles. The Bertz CT molecular complexity index is 782. The Balaban J connectivity index is 1.43. The Morgan fingerprint density at radius 3 is 2.66 bits per heavy atom. The molecule has 1 fully saturated rings. The molecule has 0 atom stereocenters. The van der Waals surface area contributed by atoms with Crippen LogP contribution in [0.15, 0.2) is 47.6 Å². The molecule has 1 aliphatic heterocycles. The predicted molar refractivity (Wildman–Crippen MR) is 121 cm³/mol. The second-order valence-electron chi connectivity index (χ2n) is 7.87. The number of benzene rings is 1. The summed E-state index contributed by atoms with van der Waals surface area (Å²) in [5, 5.41) is 7.29. The summed E-state index contributed by atoms with van der Waals surface area (Å²) in [5.74, 6) is 1.68. The number of nitrogens with zero attached hydrogens (tertiary/aromatic N) is 3. The number of likely N-dealkylation sites (tertiary alicyclic amines) is 1. The van der Waals surface area contributed by atoms with E-state index >= 15 is 0 Å². The average Bonchev–Trinajstić information content (AvgIpc) is 2.74. The first-order valence-electron chi connectivity index (χ1n) is 10.5. The molecular formula is C23H32ClN5. The minimum absolute atomic E-state index is 0.524. The molecule has 0 spiro atoms. The highest BCUT2D eigenvalue weighted by atomic mass is 35.5. The molecule has 2 aromatic rings. The number of nitrogens with one attached hydrogen (secondary N) is 2. The van der Waals surface area contributed by atoms with Gasteiger partial charge in [-0.3, -0.25) is 9.89 Å². The standard InChI is InChI=1S/C23H32ClN5/c1-18-9-12-29(13-10-18)17-21-5-3-4-20(14-21)16-28-23(25-2)26-11-8-19-6-7-22(24)27-15-19/h3-7,14-15,18H,8-13,16-17H2,1-2H3,(H2,25,26,28). The molecule has 1 aliphatic rings. The summed E-state index contributed by atoms with van der Waals surface area (Å²) in [4.78, 5) is 11.0. The highest BCUT2D eigenvalue weighted by Crippen LogP contribution is 2.18. The van der Waals surface area contributed by atoms with Crippen molar-refractivity contribution in [2.45, 2.75) is 39.3 Å². The van der Waals surface area contributed by atoms with E-state index in [1.807, 2.05) is 18.3 Å². The molecule has 29 heavy (non-hydrogen) atoms. The Hall–Kier alpha value is -2.11. The van der Waals surface area contributed by atoms with Crippen molar-refractivity contribution in [1.82, 2.24) is 20.5 Å². The van der Waals surface area contributed by atoms with Crippen molar-refractivity contribution in [3.8, 4) is 0 Å². The van der Waals surface area contributed by atoms with Gasteiger partial charge < -0.3 is 10.6 Å². The van der Waals surface area contributed by atoms with Gasteiger partial charge in [-0.25, -0.2) is 4.98 Å². The van der Waals surface area contributed by atoms with Crippen molar-refractivity contribution in [3.63, 3.8) is 0 Å². The van der Waals surface area contributed by atoms with E-state index in [1.54, 1.807) is 7.05 Å². The highest BCUT2D eigenvalue weighted by molar-refractivity contribution is 6.29. The lowest BCUT2D eigenvalue weighted by molar-refractivity contribution is 0.185. The molecule has 0 saturated carbocycles. The van der Waals surface area contributed by atoms with Crippen LogP contribution < -0.4 is 10.6 Å². The summed E-state index contributed by atoms with van der Waals surface area (Å²) in [6, 6.07) is 12.7. The summed E-state index contributed by atoms with van der Waals surface area (Å²) < 4.78 is 0.